The van der Waals surface area contributed by atoms with Crippen LogP contribution in [0.3, 0.4) is 0 Å². The maximum Gasteiger partial charge on any atom is 0.240 e. The van der Waals surface area contributed by atoms with Gasteiger partial charge in [0.05, 0.1) is 12.8 Å². The van der Waals surface area contributed by atoms with Crippen LogP contribution in [0.25, 0.3) is 5.69 Å². The van der Waals surface area contributed by atoms with Crippen molar-refractivity contribution in [2.45, 2.75) is 48.0 Å². The molecule has 0 spiro atoms. The van der Waals surface area contributed by atoms with Crippen molar-refractivity contribution >= 4 is 5.84 Å². The fourth-order valence-electron chi connectivity index (χ4n) is 1.94. The van der Waals surface area contributed by atoms with Crippen molar-refractivity contribution in [1.29, 1.82) is 0 Å². The molecule has 2 aromatic rings. The standard InChI is InChI=1S/C15H20N6O.2C2H6/c1-5-11-8-12(10-13(9-11)22-4)21-19-15(18-20-21)14(16-6-2)17-7-3;2*1-2/h6,8-10H,2,5,7H2,1,3-4H3,(H,16,17);2*1-2H3. The van der Waals surface area contributed by atoms with E-state index in [2.05, 4.69) is 39.2 Å². The monoisotopic (exact) mass is 360 g/mol. The molecular weight excluding hydrogens is 328 g/mol. The summed E-state index contributed by atoms with van der Waals surface area (Å²) in [6, 6.07) is 5.86. The van der Waals surface area contributed by atoms with E-state index in [1.54, 1.807) is 7.11 Å². The Kier molecular flexibility index (Phi) is 12.2. The minimum atomic E-state index is 0.419. The molecule has 0 aliphatic carbocycles. The molecule has 0 bridgehead atoms. The zero-order chi connectivity index (χ0) is 19.9. The number of aromatic nitrogens is 4. The highest BCUT2D eigenvalue weighted by Crippen LogP contribution is 2.19. The molecule has 0 unspecified atom stereocenters. The smallest absolute Gasteiger partial charge is 0.240 e. The Labute approximate surface area is 157 Å². The Morgan fingerprint density at radius 1 is 1.23 bits per heavy atom. The molecule has 2 rings (SSSR count). The van der Waals surface area contributed by atoms with Crippen LogP contribution >= 0.6 is 0 Å². The molecule has 0 aliphatic rings. The quantitative estimate of drug-likeness (QED) is 0.626. The first-order chi connectivity index (χ1) is 12.7. The van der Waals surface area contributed by atoms with Gasteiger partial charge in [0.25, 0.3) is 0 Å². The predicted octanol–water partition coefficient (Wildman–Crippen LogP) is 3.79. The zero-order valence-electron chi connectivity index (χ0n) is 17.1. The van der Waals surface area contributed by atoms with Gasteiger partial charge in [-0.3, -0.25) is 4.99 Å². The number of tetrazole rings is 1. The van der Waals surface area contributed by atoms with Gasteiger partial charge in [-0.1, -0.05) is 41.2 Å². The number of methoxy groups -OCH3 is 1. The summed E-state index contributed by atoms with van der Waals surface area (Å²) in [5, 5.41) is 15.4. The van der Waals surface area contributed by atoms with Gasteiger partial charge < -0.3 is 10.1 Å². The number of aryl methyl sites for hydroxylation is 1. The van der Waals surface area contributed by atoms with E-state index in [9.17, 15) is 0 Å². The summed E-state index contributed by atoms with van der Waals surface area (Å²) in [4.78, 5) is 5.76. The molecule has 26 heavy (non-hydrogen) atoms. The van der Waals surface area contributed by atoms with Crippen molar-refractivity contribution < 1.29 is 4.74 Å². The molecular formula is C19H32N6O. The van der Waals surface area contributed by atoms with Gasteiger partial charge in [0.1, 0.15) is 5.75 Å². The van der Waals surface area contributed by atoms with Crippen LogP contribution < -0.4 is 10.1 Å². The maximum absolute atomic E-state index is 5.31. The number of nitrogens with one attached hydrogen (secondary N) is 1. The number of rotatable bonds is 6. The Morgan fingerprint density at radius 3 is 2.46 bits per heavy atom. The Hall–Kier alpha value is -2.70. The summed E-state index contributed by atoms with van der Waals surface area (Å²) < 4.78 is 5.31. The summed E-state index contributed by atoms with van der Waals surface area (Å²) in [5.41, 5.74) is 1.93. The maximum atomic E-state index is 5.31. The van der Waals surface area contributed by atoms with Crippen LogP contribution in [0, 0.1) is 0 Å². The van der Waals surface area contributed by atoms with Crippen LogP contribution in [0.5, 0.6) is 5.75 Å². The summed E-state index contributed by atoms with van der Waals surface area (Å²) in [7, 11) is 1.64. The van der Waals surface area contributed by atoms with E-state index in [0.29, 0.717) is 18.2 Å². The predicted molar refractivity (Wildman–Crippen MR) is 108 cm³/mol. The van der Waals surface area contributed by atoms with Crippen molar-refractivity contribution in [1.82, 2.24) is 25.5 Å². The summed E-state index contributed by atoms with van der Waals surface area (Å²) in [6.07, 6.45) is 2.43. The van der Waals surface area contributed by atoms with Gasteiger partial charge in [0, 0.05) is 12.6 Å². The van der Waals surface area contributed by atoms with E-state index in [4.69, 9.17) is 4.74 Å². The van der Waals surface area contributed by atoms with Gasteiger partial charge in [-0.05, 0) is 42.5 Å². The third-order valence-electron chi connectivity index (χ3n) is 3.01. The van der Waals surface area contributed by atoms with Gasteiger partial charge in [-0.2, -0.15) is 0 Å². The number of amidine groups is 1. The van der Waals surface area contributed by atoms with E-state index >= 15 is 0 Å². The normalized spacial score (nSPS) is 10.0. The van der Waals surface area contributed by atoms with Crippen LogP contribution in [0.2, 0.25) is 0 Å². The number of benzene rings is 1. The Bertz CT molecular complexity index is 656. The van der Waals surface area contributed by atoms with Gasteiger partial charge in [-0.25, -0.2) is 0 Å². The molecule has 7 nitrogen and oxygen atoms in total. The average molecular weight is 361 g/mol. The first-order valence-electron chi connectivity index (χ1n) is 9.12. The fraction of sp³-hybridized carbons (Fsp3) is 0.474. The molecule has 7 heteroatoms. The average Bonchev–Trinajstić information content (AvgIpc) is 3.20. The van der Waals surface area contributed by atoms with E-state index in [0.717, 1.165) is 23.4 Å². The molecule has 1 heterocycles. The second-order valence-corrected chi connectivity index (χ2v) is 4.47. The number of hydrogen-bond donors (Lipinski definition) is 1. The van der Waals surface area contributed by atoms with Crippen molar-refractivity contribution in [3.05, 3.63) is 42.4 Å². The third kappa shape index (κ3) is 6.66. The van der Waals surface area contributed by atoms with Crippen LogP contribution in [0.15, 0.2) is 36.0 Å². The van der Waals surface area contributed by atoms with E-state index in [1.165, 1.54) is 11.0 Å². The van der Waals surface area contributed by atoms with Crippen LogP contribution in [0.1, 0.15) is 52.9 Å². The molecule has 1 aromatic heterocycles. The molecule has 0 fully saturated rings. The molecule has 0 atom stereocenters. The minimum absolute atomic E-state index is 0.419. The molecule has 0 saturated carbocycles. The summed E-state index contributed by atoms with van der Waals surface area (Å²) >= 11 is 0. The van der Waals surface area contributed by atoms with Gasteiger partial charge in [0.2, 0.25) is 5.82 Å². The zero-order valence-corrected chi connectivity index (χ0v) is 17.1. The Balaban J connectivity index is 0.00000146. The van der Waals surface area contributed by atoms with Crippen LogP contribution in [0.4, 0.5) is 0 Å². The van der Waals surface area contributed by atoms with Crippen molar-refractivity contribution in [2.24, 2.45) is 4.99 Å². The molecule has 1 N–H and O–H groups in total. The van der Waals surface area contributed by atoms with Gasteiger partial charge >= 0.3 is 0 Å². The number of aliphatic imine (C=N–C) groups is 1. The lowest BCUT2D eigenvalue weighted by Crippen LogP contribution is -2.20. The fourth-order valence-corrected chi connectivity index (χ4v) is 1.94. The topological polar surface area (TPSA) is 77.2 Å². The van der Waals surface area contributed by atoms with E-state index < -0.39 is 0 Å². The molecule has 144 valence electrons. The van der Waals surface area contributed by atoms with Crippen LogP contribution in [-0.4, -0.2) is 39.7 Å². The summed E-state index contributed by atoms with van der Waals surface area (Å²) in [6.45, 7) is 16.3. The van der Waals surface area contributed by atoms with Crippen molar-refractivity contribution in [3.63, 3.8) is 0 Å². The molecule has 0 radical (unpaired) electrons. The second kappa shape index (κ2) is 13.6. The van der Waals surface area contributed by atoms with E-state index in [-0.39, 0.29) is 0 Å². The number of ether oxygens (including phenoxy) is 1. The SMILES string of the molecule is C=CNC(=NCC)c1nnn(-c2cc(CC)cc(OC)c2)n1.CC.CC. The van der Waals surface area contributed by atoms with Gasteiger partial charge in [-0.15, -0.1) is 15.0 Å². The molecule has 0 amide bonds. The lowest BCUT2D eigenvalue weighted by atomic mass is 10.1. The minimum Gasteiger partial charge on any atom is -0.497 e. The van der Waals surface area contributed by atoms with Crippen molar-refractivity contribution in [3.8, 4) is 11.4 Å². The first-order valence-corrected chi connectivity index (χ1v) is 9.12. The molecule has 1 aromatic carbocycles. The highest BCUT2D eigenvalue weighted by Gasteiger charge is 2.11. The third-order valence-corrected chi connectivity index (χ3v) is 3.01. The van der Waals surface area contributed by atoms with Crippen LogP contribution in [-0.2, 0) is 6.42 Å². The van der Waals surface area contributed by atoms with Crippen molar-refractivity contribution in [2.75, 3.05) is 13.7 Å². The second-order valence-electron chi connectivity index (χ2n) is 4.47. The number of nitrogens with zero attached hydrogens (tertiary/aromatic N) is 5. The van der Waals surface area contributed by atoms with E-state index in [1.807, 2.05) is 52.8 Å². The first kappa shape index (κ1) is 23.3. The highest BCUT2D eigenvalue weighted by molar-refractivity contribution is 5.95. The number of hydrogen-bond acceptors (Lipinski definition) is 5. The lowest BCUT2D eigenvalue weighted by Gasteiger charge is -2.06. The molecule has 0 saturated heterocycles. The lowest BCUT2D eigenvalue weighted by molar-refractivity contribution is 0.413. The Morgan fingerprint density at radius 2 is 1.92 bits per heavy atom. The van der Waals surface area contributed by atoms with Gasteiger partial charge in [0.15, 0.2) is 5.84 Å². The molecule has 0 aliphatic heterocycles. The highest BCUT2D eigenvalue weighted by atomic mass is 16.5. The summed E-state index contributed by atoms with van der Waals surface area (Å²) in [5.74, 6) is 1.73. The largest absolute Gasteiger partial charge is 0.497 e.